The summed E-state index contributed by atoms with van der Waals surface area (Å²) in [4.78, 5) is 0. The van der Waals surface area contributed by atoms with Crippen LogP contribution in [0.15, 0.2) is 0 Å². The van der Waals surface area contributed by atoms with Crippen LogP contribution in [0.5, 0.6) is 0 Å². The molecule has 0 aromatic heterocycles. The zero-order valence-electron chi connectivity index (χ0n) is 6.35. The largest absolute Gasteiger partial charge is 0.341 e. The van der Waals surface area contributed by atoms with Gasteiger partial charge in [0.1, 0.15) is 11.6 Å². The molecule has 0 fully saturated rings. The molecular weight excluding hydrogens is 136 g/mol. The summed E-state index contributed by atoms with van der Waals surface area (Å²) in [6.45, 7) is 6.09. The number of halogens is 1. The van der Waals surface area contributed by atoms with Gasteiger partial charge in [0, 0.05) is 5.41 Å². The summed E-state index contributed by atoms with van der Waals surface area (Å²) in [5.41, 5.74) is -0.679. The van der Waals surface area contributed by atoms with Crippen LogP contribution < -0.4 is 0 Å². The van der Waals surface area contributed by atoms with E-state index in [2.05, 4.69) is 6.92 Å². The molecular formula is C7H16ClO+. The van der Waals surface area contributed by atoms with E-state index in [1.54, 1.807) is 0 Å². The SMILES string of the molecule is CCCC(C)(C)C(O)[ClH+]. The summed E-state index contributed by atoms with van der Waals surface area (Å²) in [7, 11) is 0. The van der Waals surface area contributed by atoms with E-state index < -0.39 is 5.56 Å². The molecule has 0 amide bonds. The van der Waals surface area contributed by atoms with Gasteiger partial charge in [0.25, 0.3) is 5.56 Å². The predicted octanol–water partition coefficient (Wildman–Crippen LogP) is 1.41. The van der Waals surface area contributed by atoms with Gasteiger partial charge in [-0.1, -0.05) is 27.2 Å². The van der Waals surface area contributed by atoms with E-state index in [0.717, 1.165) is 12.8 Å². The van der Waals surface area contributed by atoms with Crippen molar-refractivity contribution >= 4 is 0 Å². The van der Waals surface area contributed by atoms with Crippen LogP contribution >= 0.6 is 0 Å². The number of rotatable bonds is 3. The first-order chi connectivity index (χ1) is 4.00. The third kappa shape index (κ3) is 3.07. The summed E-state index contributed by atoms with van der Waals surface area (Å²) in [6, 6.07) is 0. The first-order valence-corrected chi connectivity index (χ1v) is 3.81. The lowest BCUT2D eigenvalue weighted by molar-refractivity contribution is -0.509. The molecule has 0 aliphatic carbocycles. The minimum Gasteiger partial charge on any atom is -0.341 e. The zero-order valence-corrected chi connectivity index (χ0v) is 7.16. The lowest BCUT2D eigenvalue weighted by atomic mass is 9.89. The molecule has 0 aliphatic heterocycles. The van der Waals surface area contributed by atoms with Gasteiger partial charge in [-0.25, -0.2) is 0 Å². The molecule has 0 aromatic rings. The van der Waals surface area contributed by atoms with Crippen LogP contribution in [-0.4, -0.2) is 10.7 Å². The Morgan fingerprint density at radius 2 is 2.00 bits per heavy atom. The fourth-order valence-electron chi connectivity index (χ4n) is 0.768. The van der Waals surface area contributed by atoms with Crippen LogP contribution in [0.25, 0.3) is 0 Å². The van der Waals surface area contributed by atoms with Crippen LogP contribution in [-0.2, 0) is 0 Å². The van der Waals surface area contributed by atoms with Crippen molar-refractivity contribution in [2.75, 3.05) is 0 Å². The Kier molecular flexibility index (Phi) is 3.52. The zero-order chi connectivity index (χ0) is 7.49. The molecule has 0 heterocycles. The van der Waals surface area contributed by atoms with Crippen molar-refractivity contribution in [3.8, 4) is 0 Å². The first-order valence-electron chi connectivity index (χ1n) is 3.34. The van der Waals surface area contributed by atoms with Crippen molar-refractivity contribution in [1.82, 2.24) is 0 Å². The average molecular weight is 152 g/mol. The first kappa shape index (κ1) is 9.25. The molecule has 0 aromatic carbocycles. The van der Waals surface area contributed by atoms with Crippen LogP contribution in [0.1, 0.15) is 33.6 Å². The highest BCUT2D eigenvalue weighted by molar-refractivity contribution is 4.67. The Balaban J connectivity index is 3.70. The maximum Gasteiger partial charge on any atom is 0.282 e. The summed E-state index contributed by atoms with van der Waals surface area (Å²) >= 11 is 4.74. The van der Waals surface area contributed by atoms with Crippen LogP contribution in [0.2, 0.25) is 0 Å². The molecule has 1 unspecified atom stereocenters. The van der Waals surface area contributed by atoms with Crippen LogP contribution in [0.3, 0.4) is 0 Å². The van der Waals surface area contributed by atoms with Gasteiger partial charge < -0.3 is 5.11 Å². The van der Waals surface area contributed by atoms with E-state index >= 15 is 0 Å². The topological polar surface area (TPSA) is 20.2 Å². The second-order valence-electron chi connectivity index (χ2n) is 3.09. The van der Waals surface area contributed by atoms with Gasteiger partial charge in [0.05, 0.1) is 0 Å². The molecule has 2 heteroatoms. The van der Waals surface area contributed by atoms with Crippen molar-refractivity contribution in [3.05, 3.63) is 0 Å². The van der Waals surface area contributed by atoms with Crippen LogP contribution in [0, 0.1) is 17.0 Å². The number of hydrogen-bond acceptors (Lipinski definition) is 1. The average Bonchev–Trinajstić information content (AvgIpc) is 1.65. The highest BCUT2D eigenvalue weighted by Gasteiger charge is 2.30. The molecule has 0 aliphatic rings. The predicted molar refractivity (Wildman–Crippen MR) is 36.1 cm³/mol. The maximum absolute atomic E-state index is 9.03. The summed E-state index contributed by atoms with van der Waals surface area (Å²) < 4.78 is 0. The Bertz CT molecular complexity index is 79.0. The monoisotopic (exact) mass is 151 g/mol. The minimum absolute atomic E-state index is 0.0793. The summed E-state index contributed by atoms with van der Waals surface area (Å²) in [5, 5.41) is 9.03. The molecule has 0 bridgehead atoms. The van der Waals surface area contributed by atoms with E-state index in [-0.39, 0.29) is 5.41 Å². The number of aliphatic hydroxyl groups excluding tert-OH is 1. The minimum atomic E-state index is -0.600. The summed E-state index contributed by atoms with van der Waals surface area (Å²) in [6.07, 6.45) is 2.08. The molecule has 0 rings (SSSR count). The molecule has 0 saturated heterocycles. The third-order valence-electron chi connectivity index (χ3n) is 1.56. The molecule has 1 N–H and O–H groups in total. The Morgan fingerprint density at radius 3 is 2.11 bits per heavy atom. The molecule has 1 nitrogen and oxygen atoms in total. The Labute approximate surface area is 62.0 Å². The Morgan fingerprint density at radius 1 is 1.56 bits per heavy atom. The standard InChI is InChI=1S/C7H16ClO/c1-4-5-7(2,3)6(8)9/h6,8-9H,4-5H2,1-3H3/q+1. The fourth-order valence-corrected chi connectivity index (χ4v) is 0.886. The second kappa shape index (κ2) is 3.43. The van der Waals surface area contributed by atoms with Crippen LogP contribution in [0.4, 0.5) is 0 Å². The van der Waals surface area contributed by atoms with Crippen molar-refractivity contribution in [1.29, 1.82) is 0 Å². The van der Waals surface area contributed by atoms with Crippen molar-refractivity contribution in [2.45, 2.75) is 39.2 Å². The van der Waals surface area contributed by atoms with Crippen molar-refractivity contribution in [3.63, 3.8) is 0 Å². The molecule has 0 radical (unpaired) electrons. The quantitative estimate of drug-likeness (QED) is 0.605. The third-order valence-corrected chi connectivity index (χ3v) is 2.20. The van der Waals surface area contributed by atoms with Gasteiger partial charge in [-0.05, 0) is 6.42 Å². The van der Waals surface area contributed by atoms with Crippen molar-refractivity contribution < 1.29 is 16.7 Å². The highest BCUT2D eigenvalue weighted by Crippen LogP contribution is 2.25. The molecule has 9 heavy (non-hydrogen) atoms. The van der Waals surface area contributed by atoms with E-state index in [9.17, 15) is 0 Å². The highest BCUT2D eigenvalue weighted by atomic mass is 35.5. The smallest absolute Gasteiger partial charge is 0.282 e. The Hall–Kier alpha value is 0.250. The van der Waals surface area contributed by atoms with E-state index in [1.165, 1.54) is 0 Å². The number of aliphatic hydroxyl groups is 1. The van der Waals surface area contributed by atoms with E-state index in [4.69, 9.17) is 16.7 Å². The van der Waals surface area contributed by atoms with Crippen molar-refractivity contribution in [2.24, 2.45) is 5.41 Å². The normalized spacial score (nSPS) is 15.7. The van der Waals surface area contributed by atoms with Gasteiger partial charge in [0.2, 0.25) is 0 Å². The van der Waals surface area contributed by atoms with Gasteiger partial charge in [-0.3, -0.25) is 0 Å². The second-order valence-corrected chi connectivity index (χ2v) is 3.54. The fraction of sp³-hybridized carbons (Fsp3) is 1.00. The molecule has 0 spiro atoms. The number of hydrogen-bond donors (Lipinski definition) is 1. The molecule has 0 saturated carbocycles. The van der Waals surface area contributed by atoms with Gasteiger partial charge in [-0.15, -0.1) is 0 Å². The molecule has 1 atom stereocenters. The van der Waals surface area contributed by atoms with E-state index in [0.29, 0.717) is 0 Å². The number of alkyl halides is 1. The summed E-state index contributed by atoms with van der Waals surface area (Å²) in [5.74, 6) is 0. The molecule has 56 valence electrons. The maximum atomic E-state index is 9.03. The van der Waals surface area contributed by atoms with Gasteiger partial charge in [-0.2, -0.15) is 0 Å². The van der Waals surface area contributed by atoms with Gasteiger partial charge >= 0.3 is 0 Å². The lowest BCUT2D eigenvalue weighted by Crippen LogP contribution is -2.26. The van der Waals surface area contributed by atoms with Gasteiger partial charge in [0.15, 0.2) is 0 Å². The lowest BCUT2D eigenvalue weighted by Gasteiger charge is -2.19. The van der Waals surface area contributed by atoms with E-state index in [1.807, 2.05) is 13.8 Å².